The quantitative estimate of drug-likeness (QED) is 0.505. The predicted molar refractivity (Wildman–Crippen MR) is 119 cm³/mol. The number of benzene rings is 2. The van der Waals surface area contributed by atoms with E-state index in [0.717, 1.165) is 24.8 Å². The Morgan fingerprint density at radius 3 is 2.04 bits per heavy atom. The van der Waals surface area contributed by atoms with Crippen LogP contribution in [0.25, 0.3) is 0 Å². The van der Waals surface area contributed by atoms with E-state index >= 15 is 0 Å². The van der Waals surface area contributed by atoms with Gasteiger partial charge in [-0.15, -0.1) is 11.8 Å². The molecule has 0 fully saturated rings. The lowest BCUT2D eigenvalue weighted by Gasteiger charge is -2.29. The second-order valence-electron chi connectivity index (χ2n) is 7.54. The first-order valence-electron chi connectivity index (χ1n) is 10.2. The van der Waals surface area contributed by atoms with Crippen molar-refractivity contribution in [2.45, 2.75) is 51.0 Å². The summed E-state index contributed by atoms with van der Waals surface area (Å²) in [7, 11) is 0. The molecule has 0 aliphatic rings. The molecule has 2 atom stereocenters. The van der Waals surface area contributed by atoms with Crippen molar-refractivity contribution < 1.29 is 5.11 Å². The standard InChI is InChI=1S/C24H35NOS/c1-5-25(6-2)18-23(26)24(20-10-8-7-9-11-20)21-12-14-22(15-13-21)27-17-16-19(3)4/h7-15,19,23-24,26H,5-6,16-18H2,1-4H3. The predicted octanol–water partition coefficient (Wildman–Crippen LogP) is 5.66. The number of rotatable bonds is 11. The van der Waals surface area contributed by atoms with E-state index in [4.69, 9.17) is 0 Å². The molecule has 0 aliphatic carbocycles. The van der Waals surface area contributed by atoms with Crippen molar-refractivity contribution in [1.29, 1.82) is 0 Å². The van der Waals surface area contributed by atoms with Crippen molar-refractivity contribution in [3.05, 3.63) is 65.7 Å². The summed E-state index contributed by atoms with van der Waals surface area (Å²) in [5.74, 6) is 1.90. The maximum Gasteiger partial charge on any atom is 0.0776 e. The molecule has 0 aromatic heterocycles. The third-order valence-electron chi connectivity index (χ3n) is 5.09. The molecule has 0 aliphatic heterocycles. The lowest BCUT2D eigenvalue weighted by Crippen LogP contribution is -2.36. The zero-order chi connectivity index (χ0) is 19.6. The van der Waals surface area contributed by atoms with Crippen LogP contribution >= 0.6 is 11.8 Å². The first-order valence-corrected chi connectivity index (χ1v) is 11.2. The van der Waals surface area contributed by atoms with Crippen molar-refractivity contribution >= 4 is 11.8 Å². The second-order valence-corrected chi connectivity index (χ2v) is 8.71. The van der Waals surface area contributed by atoms with E-state index in [1.807, 2.05) is 17.8 Å². The molecule has 0 bridgehead atoms. The van der Waals surface area contributed by atoms with Gasteiger partial charge in [0.1, 0.15) is 0 Å². The second kappa shape index (κ2) is 11.5. The molecule has 0 saturated carbocycles. The highest BCUT2D eigenvalue weighted by Gasteiger charge is 2.24. The number of hydrogen-bond donors (Lipinski definition) is 1. The van der Waals surface area contributed by atoms with Gasteiger partial charge in [-0.2, -0.15) is 0 Å². The molecule has 0 radical (unpaired) electrons. The van der Waals surface area contributed by atoms with Gasteiger partial charge >= 0.3 is 0 Å². The smallest absolute Gasteiger partial charge is 0.0776 e. The Morgan fingerprint density at radius 1 is 0.889 bits per heavy atom. The molecular weight excluding hydrogens is 350 g/mol. The van der Waals surface area contributed by atoms with Crippen LogP contribution in [0.15, 0.2) is 59.5 Å². The van der Waals surface area contributed by atoms with Gasteiger partial charge in [-0.3, -0.25) is 0 Å². The van der Waals surface area contributed by atoms with Gasteiger partial charge in [0.2, 0.25) is 0 Å². The molecule has 2 aromatic carbocycles. The third-order valence-corrected chi connectivity index (χ3v) is 6.13. The molecule has 2 unspecified atom stereocenters. The van der Waals surface area contributed by atoms with Gasteiger partial charge in [-0.25, -0.2) is 0 Å². The average molecular weight is 386 g/mol. The Kier molecular flexibility index (Phi) is 9.40. The van der Waals surface area contributed by atoms with Crippen molar-refractivity contribution in [3.8, 4) is 0 Å². The van der Waals surface area contributed by atoms with Gasteiger partial charge in [-0.05, 0) is 54.4 Å². The fourth-order valence-corrected chi connectivity index (χ4v) is 4.49. The van der Waals surface area contributed by atoms with Crippen molar-refractivity contribution in [2.75, 3.05) is 25.4 Å². The SMILES string of the molecule is CCN(CC)CC(O)C(c1ccccc1)c1ccc(SCCC(C)C)cc1. The number of hydrogen-bond acceptors (Lipinski definition) is 3. The number of nitrogens with zero attached hydrogens (tertiary/aromatic N) is 1. The zero-order valence-electron chi connectivity index (χ0n) is 17.3. The Balaban J connectivity index is 2.18. The molecule has 0 saturated heterocycles. The normalized spacial score (nSPS) is 13.9. The Hall–Kier alpha value is -1.29. The van der Waals surface area contributed by atoms with E-state index in [0.29, 0.717) is 6.54 Å². The highest BCUT2D eigenvalue weighted by Crippen LogP contribution is 2.30. The van der Waals surface area contributed by atoms with Crippen molar-refractivity contribution in [3.63, 3.8) is 0 Å². The maximum atomic E-state index is 11.1. The summed E-state index contributed by atoms with van der Waals surface area (Å²) in [5.41, 5.74) is 2.37. The number of thioether (sulfide) groups is 1. The zero-order valence-corrected chi connectivity index (χ0v) is 18.1. The molecule has 0 amide bonds. The van der Waals surface area contributed by atoms with Crippen LogP contribution < -0.4 is 0 Å². The molecule has 2 rings (SSSR count). The first kappa shape index (κ1) is 22.0. The van der Waals surface area contributed by atoms with Crippen LogP contribution in [0.4, 0.5) is 0 Å². The highest BCUT2D eigenvalue weighted by atomic mass is 32.2. The molecule has 0 spiro atoms. The van der Waals surface area contributed by atoms with Gasteiger partial charge in [0, 0.05) is 17.4 Å². The van der Waals surface area contributed by atoms with Crippen LogP contribution in [0, 0.1) is 5.92 Å². The Labute approximate surface area is 170 Å². The number of likely N-dealkylation sites (N-methyl/N-ethyl adjacent to an activating group) is 1. The Morgan fingerprint density at radius 2 is 1.48 bits per heavy atom. The molecular formula is C24H35NOS. The van der Waals surface area contributed by atoms with Crippen molar-refractivity contribution in [2.24, 2.45) is 5.92 Å². The third kappa shape index (κ3) is 6.99. The van der Waals surface area contributed by atoms with E-state index in [-0.39, 0.29) is 5.92 Å². The molecule has 2 nitrogen and oxygen atoms in total. The summed E-state index contributed by atoms with van der Waals surface area (Å²) in [6.07, 6.45) is 0.813. The number of aliphatic hydroxyl groups excluding tert-OH is 1. The largest absolute Gasteiger partial charge is 0.391 e. The summed E-state index contributed by atoms with van der Waals surface area (Å²) in [5, 5.41) is 11.1. The molecule has 1 N–H and O–H groups in total. The summed E-state index contributed by atoms with van der Waals surface area (Å²) >= 11 is 1.92. The van der Waals surface area contributed by atoms with Gasteiger partial charge in [0.25, 0.3) is 0 Å². The van der Waals surface area contributed by atoms with Crippen molar-refractivity contribution in [1.82, 2.24) is 4.90 Å². The molecule has 2 aromatic rings. The summed E-state index contributed by atoms with van der Waals surface area (Å²) in [6, 6.07) is 19.2. The molecule has 27 heavy (non-hydrogen) atoms. The maximum absolute atomic E-state index is 11.1. The van der Waals surface area contributed by atoms with Gasteiger partial charge in [0.05, 0.1) is 6.10 Å². The van der Waals surface area contributed by atoms with Gasteiger partial charge in [0.15, 0.2) is 0 Å². The van der Waals surface area contributed by atoms with Gasteiger partial charge < -0.3 is 10.0 Å². The minimum Gasteiger partial charge on any atom is -0.391 e. The highest BCUT2D eigenvalue weighted by molar-refractivity contribution is 7.99. The summed E-state index contributed by atoms with van der Waals surface area (Å²) in [6.45, 7) is 11.4. The topological polar surface area (TPSA) is 23.5 Å². The van der Waals surface area contributed by atoms with Crippen LogP contribution in [0.3, 0.4) is 0 Å². The minimum absolute atomic E-state index is 0.00140. The minimum atomic E-state index is -0.424. The lowest BCUT2D eigenvalue weighted by atomic mass is 9.86. The van der Waals surface area contributed by atoms with Crippen LogP contribution in [-0.2, 0) is 0 Å². The van der Waals surface area contributed by atoms with E-state index in [2.05, 4.69) is 81.1 Å². The van der Waals surface area contributed by atoms with E-state index < -0.39 is 6.10 Å². The number of aliphatic hydroxyl groups is 1. The van der Waals surface area contributed by atoms with E-state index in [1.165, 1.54) is 22.4 Å². The fourth-order valence-electron chi connectivity index (χ4n) is 3.33. The first-order chi connectivity index (χ1) is 13.0. The Bertz CT molecular complexity index is 637. The van der Waals surface area contributed by atoms with Gasteiger partial charge in [-0.1, -0.05) is 70.2 Å². The summed E-state index contributed by atoms with van der Waals surface area (Å²) < 4.78 is 0. The molecule has 148 valence electrons. The monoisotopic (exact) mass is 385 g/mol. The van der Waals surface area contributed by atoms with Crippen LogP contribution in [0.1, 0.15) is 51.2 Å². The molecule has 3 heteroatoms. The van der Waals surface area contributed by atoms with Crippen LogP contribution in [0.2, 0.25) is 0 Å². The fraction of sp³-hybridized carbons (Fsp3) is 0.500. The lowest BCUT2D eigenvalue weighted by molar-refractivity contribution is 0.104. The van der Waals surface area contributed by atoms with E-state index in [9.17, 15) is 5.11 Å². The van der Waals surface area contributed by atoms with Crippen LogP contribution in [-0.4, -0.2) is 41.5 Å². The average Bonchev–Trinajstić information content (AvgIpc) is 2.68. The molecule has 0 heterocycles. The summed E-state index contributed by atoms with van der Waals surface area (Å²) in [4.78, 5) is 3.60. The van der Waals surface area contributed by atoms with E-state index in [1.54, 1.807) is 0 Å². The van der Waals surface area contributed by atoms with Crippen LogP contribution in [0.5, 0.6) is 0 Å².